The van der Waals surface area contributed by atoms with Gasteiger partial charge < -0.3 is 9.15 Å². The number of aromatic nitrogens is 2. The number of hydrogen-bond acceptors (Lipinski definition) is 6. The van der Waals surface area contributed by atoms with Crippen LogP contribution in [0.1, 0.15) is 6.92 Å². The number of carbonyl (C=O) groups is 2. The first-order chi connectivity index (χ1) is 14.0. The lowest BCUT2D eigenvalue weighted by Crippen LogP contribution is -2.40. The fraction of sp³-hybridized carbons (Fsp3) is 0.200. The van der Waals surface area contributed by atoms with E-state index in [9.17, 15) is 18.8 Å². The van der Waals surface area contributed by atoms with Crippen LogP contribution in [0.2, 0.25) is 0 Å². The lowest BCUT2D eigenvalue weighted by molar-refractivity contribution is -0.142. The van der Waals surface area contributed by atoms with Crippen molar-refractivity contribution in [2.24, 2.45) is 0 Å². The zero-order valence-electron chi connectivity index (χ0n) is 15.6. The van der Waals surface area contributed by atoms with Gasteiger partial charge in [0.15, 0.2) is 0 Å². The van der Waals surface area contributed by atoms with Crippen molar-refractivity contribution in [3.05, 3.63) is 71.0 Å². The molecule has 150 valence electrons. The number of anilines is 1. The van der Waals surface area contributed by atoms with Gasteiger partial charge in [-0.05, 0) is 43.3 Å². The van der Waals surface area contributed by atoms with Crippen molar-refractivity contribution in [1.29, 1.82) is 0 Å². The first-order valence-corrected chi connectivity index (χ1v) is 8.83. The Balaban J connectivity index is 1.83. The summed E-state index contributed by atoms with van der Waals surface area (Å²) in [4.78, 5) is 38.0. The molecule has 0 saturated carbocycles. The third kappa shape index (κ3) is 4.95. The molecule has 0 saturated heterocycles. The molecule has 2 aromatic carbocycles. The van der Waals surface area contributed by atoms with Gasteiger partial charge in [-0.2, -0.15) is 4.68 Å². The number of nitrogens with zero attached hydrogens (tertiary/aromatic N) is 3. The fourth-order valence-electron chi connectivity index (χ4n) is 2.60. The van der Waals surface area contributed by atoms with Gasteiger partial charge in [0.25, 0.3) is 0 Å². The molecule has 0 aliphatic rings. The topological polar surface area (TPSA) is 94.6 Å². The van der Waals surface area contributed by atoms with E-state index < -0.39 is 30.0 Å². The average Bonchev–Trinajstić information content (AvgIpc) is 3.07. The molecule has 0 atom stereocenters. The zero-order valence-corrected chi connectivity index (χ0v) is 15.6. The molecule has 1 heterocycles. The van der Waals surface area contributed by atoms with Gasteiger partial charge in [-0.3, -0.25) is 14.5 Å². The minimum atomic E-state index is -0.846. The van der Waals surface area contributed by atoms with E-state index in [1.807, 2.05) is 0 Å². The second kappa shape index (κ2) is 8.96. The number of rotatable bonds is 7. The second-order valence-corrected chi connectivity index (χ2v) is 5.96. The van der Waals surface area contributed by atoms with Crippen molar-refractivity contribution in [1.82, 2.24) is 9.78 Å². The summed E-state index contributed by atoms with van der Waals surface area (Å²) < 4.78 is 23.9. The van der Waals surface area contributed by atoms with Crippen LogP contribution in [-0.2, 0) is 20.9 Å². The van der Waals surface area contributed by atoms with E-state index in [-0.39, 0.29) is 19.0 Å². The van der Waals surface area contributed by atoms with Crippen LogP contribution in [-0.4, -0.2) is 34.8 Å². The van der Waals surface area contributed by atoms with Crippen LogP contribution < -0.4 is 10.7 Å². The van der Waals surface area contributed by atoms with E-state index in [1.54, 1.807) is 37.3 Å². The molecule has 0 aliphatic heterocycles. The highest BCUT2D eigenvalue weighted by Gasteiger charge is 2.22. The molecule has 0 spiro atoms. The highest BCUT2D eigenvalue weighted by Crippen LogP contribution is 2.17. The van der Waals surface area contributed by atoms with Crippen molar-refractivity contribution >= 4 is 17.6 Å². The van der Waals surface area contributed by atoms with Gasteiger partial charge in [0.1, 0.15) is 18.9 Å². The maximum Gasteiger partial charge on any atom is 0.437 e. The van der Waals surface area contributed by atoms with Crippen molar-refractivity contribution in [2.75, 3.05) is 18.1 Å². The highest BCUT2D eigenvalue weighted by atomic mass is 19.1. The molecular formula is C20H18FN3O5. The van der Waals surface area contributed by atoms with E-state index in [2.05, 4.69) is 5.10 Å². The Morgan fingerprint density at radius 1 is 1.14 bits per heavy atom. The molecule has 0 fully saturated rings. The van der Waals surface area contributed by atoms with Crippen LogP contribution >= 0.6 is 0 Å². The van der Waals surface area contributed by atoms with E-state index in [1.165, 1.54) is 29.2 Å². The number of halogens is 1. The lowest BCUT2D eigenvalue weighted by Gasteiger charge is -2.21. The van der Waals surface area contributed by atoms with Gasteiger partial charge in [0.05, 0.1) is 6.61 Å². The summed E-state index contributed by atoms with van der Waals surface area (Å²) in [7, 11) is 0. The Bertz CT molecular complexity index is 1040. The van der Waals surface area contributed by atoms with Gasteiger partial charge in [0, 0.05) is 11.3 Å². The van der Waals surface area contributed by atoms with Crippen LogP contribution in [0.15, 0.2) is 63.8 Å². The Morgan fingerprint density at radius 2 is 1.83 bits per heavy atom. The molecule has 0 aliphatic carbocycles. The van der Waals surface area contributed by atoms with Gasteiger partial charge in [0.2, 0.25) is 11.8 Å². The number of para-hydroxylation sites is 1. The molecule has 3 rings (SSSR count). The predicted octanol–water partition coefficient (Wildman–Crippen LogP) is 2.24. The van der Waals surface area contributed by atoms with E-state index >= 15 is 0 Å². The number of carbonyl (C=O) groups excluding carboxylic acids is 2. The monoisotopic (exact) mass is 399 g/mol. The van der Waals surface area contributed by atoms with Crippen LogP contribution in [0, 0.1) is 5.82 Å². The number of ether oxygens (including phenoxy) is 1. The van der Waals surface area contributed by atoms with Gasteiger partial charge in [-0.1, -0.05) is 18.2 Å². The molecule has 1 amide bonds. The summed E-state index contributed by atoms with van der Waals surface area (Å²) >= 11 is 0. The number of hydrogen-bond donors (Lipinski definition) is 0. The van der Waals surface area contributed by atoms with Crippen molar-refractivity contribution in [2.45, 2.75) is 13.5 Å². The summed E-state index contributed by atoms with van der Waals surface area (Å²) in [6, 6.07) is 13.7. The van der Waals surface area contributed by atoms with Gasteiger partial charge in [-0.25, -0.2) is 9.18 Å². The number of benzene rings is 2. The molecule has 0 unspecified atom stereocenters. The molecule has 29 heavy (non-hydrogen) atoms. The molecule has 0 N–H and O–H groups in total. The summed E-state index contributed by atoms with van der Waals surface area (Å²) in [5, 5.41) is 3.99. The fourth-order valence-corrected chi connectivity index (χ4v) is 2.60. The molecule has 0 bridgehead atoms. The van der Waals surface area contributed by atoms with E-state index in [0.717, 1.165) is 4.68 Å². The minimum absolute atomic E-state index is 0.0422. The van der Waals surface area contributed by atoms with Crippen LogP contribution in [0.4, 0.5) is 10.1 Å². The molecule has 9 heteroatoms. The summed E-state index contributed by atoms with van der Waals surface area (Å²) in [5.41, 5.74) is 0.863. The van der Waals surface area contributed by atoms with Crippen molar-refractivity contribution < 1.29 is 23.1 Å². The summed E-state index contributed by atoms with van der Waals surface area (Å²) in [6.45, 7) is 1.09. The van der Waals surface area contributed by atoms with Crippen molar-refractivity contribution in [3.63, 3.8) is 0 Å². The molecular weight excluding hydrogens is 381 g/mol. The molecule has 1 aromatic heterocycles. The largest absolute Gasteiger partial charge is 0.465 e. The van der Waals surface area contributed by atoms with Crippen LogP contribution in [0.5, 0.6) is 0 Å². The van der Waals surface area contributed by atoms with Crippen LogP contribution in [0.25, 0.3) is 11.5 Å². The molecule has 8 nitrogen and oxygen atoms in total. The van der Waals surface area contributed by atoms with E-state index in [4.69, 9.17) is 9.15 Å². The Morgan fingerprint density at radius 3 is 2.48 bits per heavy atom. The zero-order chi connectivity index (χ0) is 20.8. The minimum Gasteiger partial charge on any atom is -0.465 e. The predicted molar refractivity (Wildman–Crippen MR) is 102 cm³/mol. The Labute approximate surface area is 165 Å². The van der Waals surface area contributed by atoms with Gasteiger partial charge in [-0.15, -0.1) is 5.10 Å². The normalized spacial score (nSPS) is 10.6. The smallest absolute Gasteiger partial charge is 0.437 e. The Hall–Kier alpha value is -3.75. The third-order valence-electron chi connectivity index (χ3n) is 3.94. The van der Waals surface area contributed by atoms with Crippen LogP contribution in [0.3, 0.4) is 0 Å². The van der Waals surface area contributed by atoms with Crippen molar-refractivity contribution in [3.8, 4) is 11.5 Å². The summed E-state index contributed by atoms with van der Waals surface area (Å²) in [6.07, 6.45) is 0. The summed E-state index contributed by atoms with van der Waals surface area (Å²) in [5.74, 6) is -2.46. The molecule has 3 aromatic rings. The second-order valence-electron chi connectivity index (χ2n) is 5.96. The van der Waals surface area contributed by atoms with E-state index in [0.29, 0.717) is 11.3 Å². The maximum absolute atomic E-state index is 13.1. The van der Waals surface area contributed by atoms with Gasteiger partial charge >= 0.3 is 11.7 Å². The quantitative estimate of drug-likeness (QED) is 0.566. The standard InChI is InChI=1S/C20H18FN3O5/c1-2-28-18(26)13-23(16-6-4-3-5-7-16)17(25)12-24-20(27)29-19(22-24)14-8-10-15(21)11-9-14/h3-11H,2,12-13H2,1H3. The SMILES string of the molecule is CCOC(=O)CN(C(=O)Cn1nc(-c2ccc(F)cc2)oc1=O)c1ccccc1. The maximum atomic E-state index is 13.1. The first kappa shape index (κ1) is 20.0. The Kier molecular flexibility index (Phi) is 6.18. The highest BCUT2D eigenvalue weighted by molar-refractivity contribution is 5.97. The third-order valence-corrected chi connectivity index (χ3v) is 3.94. The number of amides is 1. The lowest BCUT2D eigenvalue weighted by atomic mass is 10.2. The molecule has 0 radical (unpaired) electrons. The first-order valence-electron chi connectivity index (χ1n) is 8.83. The number of esters is 1. The average molecular weight is 399 g/mol.